The molecule has 3 aliphatic heterocycles. The van der Waals surface area contributed by atoms with E-state index in [0.29, 0.717) is 55.6 Å². The SMILES string of the molecule is Cc1c(Cc2c(CN3CC4(C3)CS(=O)C4)nc3c(N)cc(N4CCOCC4)nn23)cccc1C(F)(F)F. The maximum Gasteiger partial charge on any atom is 0.416 e. The van der Waals surface area contributed by atoms with Gasteiger partial charge in [-0.15, -0.1) is 5.10 Å². The molecule has 0 amide bonds. The third-order valence-electron chi connectivity index (χ3n) is 7.65. The van der Waals surface area contributed by atoms with Crippen molar-refractivity contribution in [3.63, 3.8) is 0 Å². The zero-order valence-electron chi connectivity index (χ0n) is 20.6. The summed E-state index contributed by atoms with van der Waals surface area (Å²) in [6, 6.07) is 6.10. The summed E-state index contributed by atoms with van der Waals surface area (Å²) in [6.07, 6.45) is -4.18. The second-order valence-electron chi connectivity index (χ2n) is 10.4. The van der Waals surface area contributed by atoms with Crippen LogP contribution in [-0.4, -0.2) is 74.6 Å². The first kappa shape index (κ1) is 24.6. The van der Waals surface area contributed by atoms with Gasteiger partial charge in [0.15, 0.2) is 11.5 Å². The molecule has 0 radical (unpaired) electrons. The van der Waals surface area contributed by atoms with Crippen LogP contribution in [0.15, 0.2) is 24.3 Å². The van der Waals surface area contributed by atoms with Crippen LogP contribution in [0.1, 0.15) is 28.1 Å². The maximum absolute atomic E-state index is 13.6. The Bertz CT molecular complexity index is 1370. The van der Waals surface area contributed by atoms with E-state index in [1.807, 2.05) is 0 Å². The van der Waals surface area contributed by atoms with Crippen LogP contribution in [0.2, 0.25) is 0 Å². The van der Waals surface area contributed by atoms with Crippen molar-refractivity contribution in [2.45, 2.75) is 26.1 Å². The Morgan fingerprint density at radius 1 is 1.19 bits per heavy atom. The Kier molecular flexibility index (Phi) is 5.96. The third-order valence-corrected chi connectivity index (χ3v) is 9.51. The Labute approximate surface area is 215 Å². The Morgan fingerprint density at radius 2 is 1.92 bits per heavy atom. The van der Waals surface area contributed by atoms with Gasteiger partial charge in [-0.05, 0) is 24.1 Å². The van der Waals surface area contributed by atoms with Gasteiger partial charge in [-0.2, -0.15) is 13.2 Å². The van der Waals surface area contributed by atoms with Gasteiger partial charge in [-0.1, -0.05) is 12.1 Å². The van der Waals surface area contributed by atoms with Crippen molar-refractivity contribution >= 4 is 28.0 Å². The molecule has 0 saturated carbocycles. The van der Waals surface area contributed by atoms with Crippen LogP contribution in [0, 0.1) is 12.3 Å². The summed E-state index contributed by atoms with van der Waals surface area (Å²) in [7, 11) is -0.714. The Morgan fingerprint density at radius 3 is 2.59 bits per heavy atom. The standard InChI is InChI=1S/C25H29F3N6O2S/c1-16-17(3-2-4-18(16)25(26,27)28)9-21-20(11-32-12-24(13-32)14-37(35)15-24)30-23-19(29)10-22(31-34(21)23)33-5-7-36-8-6-33/h2-4,10H,5-9,11-15,29H2,1H3. The molecule has 0 bridgehead atoms. The molecule has 37 heavy (non-hydrogen) atoms. The predicted octanol–water partition coefficient (Wildman–Crippen LogP) is 2.63. The summed E-state index contributed by atoms with van der Waals surface area (Å²) in [5.41, 5.74) is 9.19. The molecule has 3 saturated heterocycles. The lowest BCUT2D eigenvalue weighted by Crippen LogP contribution is -2.66. The molecule has 2 N–H and O–H groups in total. The van der Waals surface area contributed by atoms with Crippen LogP contribution in [-0.2, 0) is 34.7 Å². The number of fused-ring (bicyclic) bond motifs is 1. The van der Waals surface area contributed by atoms with Crippen molar-refractivity contribution in [2.75, 3.05) is 61.5 Å². The number of benzene rings is 1. The monoisotopic (exact) mass is 534 g/mol. The number of ether oxygens (including phenoxy) is 1. The lowest BCUT2D eigenvalue weighted by atomic mass is 9.83. The average Bonchev–Trinajstić information content (AvgIpc) is 3.15. The summed E-state index contributed by atoms with van der Waals surface area (Å²) >= 11 is 0. The summed E-state index contributed by atoms with van der Waals surface area (Å²) in [5, 5.41) is 4.86. The molecule has 1 aromatic carbocycles. The predicted molar refractivity (Wildman–Crippen MR) is 135 cm³/mol. The number of rotatable bonds is 5. The fraction of sp³-hybridized carbons (Fsp3) is 0.520. The zero-order valence-corrected chi connectivity index (χ0v) is 21.4. The average molecular weight is 535 g/mol. The van der Waals surface area contributed by atoms with Crippen LogP contribution in [0.4, 0.5) is 24.7 Å². The number of likely N-dealkylation sites (tertiary alicyclic amines) is 1. The minimum atomic E-state index is -4.43. The lowest BCUT2D eigenvalue weighted by Gasteiger charge is -2.54. The normalized spacial score (nSPS) is 20.4. The van der Waals surface area contributed by atoms with Gasteiger partial charge >= 0.3 is 6.18 Å². The second-order valence-corrected chi connectivity index (χ2v) is 11.9. The molecular weight excluding hydrogens is 505 g/mol. The molecule has 3 fully saturated rings. The van der Waals surface area contributed by atoms with E-state index in [0.717, 1.165) is 42.0 Å². The Balaban J connectivity index is 1.39. The zero-order chi connectivity index (χ0) is 25.9. The van der Waals surface area contributed by atoms with Crippen LogP contribution in [0.25, 0.3) is 5.65 Å². The lowest BCUT2D eigenvalue weighted by molar-refractivity contribution is -0.138. The van der Waals surface area contributed by atoms with Crippen LogP contribution < -0.4 is 10.6 Å². The van der Waals surface area contributed by atoms with Gasteiger partial charge in [0.05, 0.1) is 35.9 Å². The summed E-state index contributed by atoms with van der Waals surface area (Å²) in [6.45, 7) is 6.28. The maximum atomic E-state index is 13.6. The van der Waals surface area contributed by atoms with Crippen LogP contribution >= 0.6 is 0 Å². The molecule has 5 heterocycles. The minimum Gasteiger partial charge on any atom is -0.396 e. The van der Waals surface area contributed by atoms with Crippen LogP contribution in [0.5, 0.6) is 0 Å². The van der Waals surface area contributed by atoms with Gasteiger partial charge in [-0.25, -0.2) is 9.50 Å². The summed E-state index contributed by atoms with van der Waals surface area (Å²) in [4.78, 5) is 9.17. The van der Waals surface area contributed by atoms with Crippen molar-refractivity contribution < 1.29 is 22.1 Å². The highest BCUT2D eigenvalue weighted by molar-refractivity contribution is 7.86. The molecule has 198 valence electrons. The highest BCUT2D eigenvalue weighted by atomic mass is 32.2. The number of nitrogens with zero attached hydrogens (tertiary/aromatic N) is 5. The minimum absolute atomic E-state index is 0.141. The van der Waals surface area contributed by atoms with E-state index >= 15 is 0 Å². The fourth-order valence-electron chi connectivity index (χ4n) is 5.78. The van der Waals surface area contributed by atoms with E-state index in [1.54, 1.807) is 16.6 Å². The van der Waals surface area contributed by atoms with Crippen molar-refractivity contribution in [1.29, 1.82) is 0 Å². The van der Waals surface area contributed by atoms with Crippen molar-refractivity contribution in [3.05, 3.63) is 52.3 Å². The number of anilines is 2. The molecule has 2 aromatic heterocycles. The van der Waals surface area contributed by atoms with Gasteiger partial charge in [0.25, 0.3) is 0 Å². The number of imidazole rings is 1. The highest BCUT2D eigenvalue weighted by Gasteiger charge is 2.51. The molecule has 8 nitrogen and oxygen atoms in total. The van der Waals surface area contributed by atoms with Crippen molar-refractivity contribution in [3.8, 4) is 0 Å². The largest absolute Gasteiger partial charge is 0.416 e. The first-order valence-corrected chi connectivity index (χ1v) is 13.8. The Hall–Kier alpha value is -2.70. The number of nitrogen functional groups attached to an aromatic ring is 1. The first-order chi connectivity index (χ1) is 17.6. The van der Waals surface area contributed by atoms with Crippen molar-refractivity contribution in [2.24, 2.45) is 5.41 Å². The number of nitrogens with two attached hydrogens (primary N) is 1. The molecule has 3 aliphatic rings. The number of aromatic nitrogens is 3. The van der Waals surface area contributed by atoms with Gasteiger partial charge in [-0.3, -0.25) is 9.11 Å². The topological polar surface area (TPSA) is 89.0 Å². The van der Waals surface area contributed by atoms with Gasteiger partial charge in [0, 0.05) is 72.9 Å². The van der Waals surface area contributed by atoms with E-state index in [1.165, 1.54) is 13.0 Å². The summed E-state index contributed by atoms with van der Waals surface area (Å²) < 4.78 is 59.7. The number of alkyl halides is 3. The van der Waals surface area contributed by atoms with Gasteiger partial charge in [0.2, 0.25) is 0 Å². The number of halogens is 3. The van der Waals surface area contributed by atoms with E-state index in [9.17, 15) is 17.4 Å². The molecular formula is C25H29F3N6O2S. The number of hydrogen-bond donors (Lipinski definition) is 1. The number of morpholine rings is 1. The molecule has 6 rings (SSSR count). The van der Waals surface area contributed by atoms with E-state index in [2.05, 4.69) is 9.80 Å². The van der Waals surface area contributed by atoms with E-state index < -0.39 is 22.5 Å². The molecule has 12 heteroatoms. The van der Waals surface area contributed by atoms with Gasteiger partial charge < -0.3 is 15.4 Å². The molecule has 1 spiro atoms. The van der Waals surface area contributed by atoms with E-state index in [-0.39, 0.29) is 17.4 Å². The van der Waals surface area contributed by atoms with Crippen molar-refractivity contribution in [1.82, 2.24) is 19.5 Å². The van der Waals surface area contributed by atoms with Gasteiger partial charge in [0.1, 0.15) is 0 Å². The number of hydrogen-bond acceptors (Lipinski definition) is 7. The van der Waals surface area contributed by atoms with Crippen LogP contribution in [0.3, 0.4) is 0 Å². The highest BCUT2D eigenvalue weighted by Crippen LogP contribution is 2.41. The summed E-state index contributed by atoms with van der Waals surface area (Å²) in [5.74, 6) is 2.17. The van der Waals surface area contributed by atoms with E-state index in [4.69, 9.17) is 20.6 Å². The molecule has 3 aromatic rings. The smallest absolute Gasteiger partial charge is 0.396 e. The third kappa shape index (κ3) is 4.48. The first-order valence-electron chi connectivity index (χ1n) is 12.3. The molecule has 0 unspecified atom stereocenters. The second kappa shape index (κ2) is 8.95. The fourth-order valence-corrected chi connectivity index (χ4v) is 7.43. The molecule has 0 atom stereocenters. The molecule has 0 aliphatic carbocycles. The quantitative estimate of drug-likeness (QED) is 0.539.